The molecule has 0 saturated heterocycles. The summed E-state index contributed by atoms with van der Waals surface area (Å²) in [5, 5.41) is 3.87. The highest BCUT2D eigenvalue weighted by atomic mass is 35.5. The van der Waals surface area contributed by atoms with Crippen molar-refractivity contribution in [2.75, 3.05) is 24.3 Å². The van der Waals surface area contributed by atoms with Crippen molar-refractivity contribution in [3.05, 3.63) is 46.7 Å². The predicted octanol–water partition coefficient (Wildman–Crippen LogP) is 3.37. The maximum Gasteiger partial charge on any atom is 0.137 e. The molecule has 0 fully saturated rings. The number of nitrogens with one attached hydrogen (secondary N) is 1. The quantitative estimate of drug-likeness (QED) is 0.917. The van der Waals surface area contributed by atoms with E-state index in [4.69, 9.17) is 11.6 Å². The Hall–Kier alpha value is -1.81. The Labute approximate surface area is 124 Å². The van der Waals surface area contributed by atoms with Crippen molar-refractivity contribution in [3.63, 3.8) is 0 Å². The number of nitrogens with zero attached hydrogens (tertiary/aromatic N) is 3. The Morgan fingerprint density at radius 3 is 2.75 bits per heavy atom. The van der Waals surface area contributed by atoms with E-state index >= 15 is 0 Å². The van der Waals surface area contributed by atoms with Crippen LogP contribution in [0.4, 0.5) is 11.6 Å². The SMILES string of the molecule is CCc1c(NC)ncnc1N(C)Cc1cccc(Cl)c1. The molecule has 0 amide bonds. The molecule has 0 spiro atoms. The molecular weight excluding hydrogens is 272 g/mol. The molecular formula is C15H19ClN4. The minimum Gasteiger partial charge on any atom is -0.373 e. The number of anilines is 2. The van der Waals surface area contributed by atoms with E-state index in [0.29, 0.717) is 0 Å². The molecule has 1 aromatic carbocycles. The van der Waals surface area contributed by atoms with Gasteiger partial charge in [-0.2, -0.15) is 0 Å². The van der Waals surface area contributed by atoms with Crippen molar-refractivity contribution in [3.8, 4) is 0 Å². The van der Waals surface area contributed by atoms with Crippen molar-refractivity contribution in [1.29, 1.82) is 0 Å². The second-order valence-corrected chi connectivity index (χ2v) is 5.05. The first kappa shape index (κ1) is 14.6. The summed E-state index contributed by atoms with van der Waals surface area (Å²) in [6.45, 7) is 2.87. The zero-order chi connectivity index (χ0) is 14.5. The number of halogens is 1. The van der Waals surface area contributed by atoms with Crippen molar-refractivity contribution < 1.29 is 0 Å². The van der Waals surface area contributed by atoms with Gasteiger partial charge in [0, 0.05) is 31.2 Å². The Kier molecular flexibility index (Phi) is 4.79. The van der Waals surface area contributed by atoms with Gasteiger partial charge in [0.2, 0.25) is 0 Å². The van der Waals surface area contributed by atoms with Crippen LogP contribution in [0.15, 0.2) is 30.6 Å². The molecule has 106 valence electrons. The summed E-state index contributed by atoms with van der Waals surface area (Å²) in [6.07, 6.45) is 2.47. The van der Waals surface area contributed by atoms with Crippen LogP contribution in [0.5, 0.6) is 0 Å². The lowest BCUT2D eigenvalue weighted by molar-refractivity contribution is 0.871. The first-order valence-electron chi connectivity index (χ1n) is 6.63. The van der Waals surface area contributed by atoms with E-state index in [1.807, 2.05) is 32.3 Å². The minimum absolute atomic E-state index is 0.755. The number of rotatable bonds is 5. The van der Waals surface area contributed by atoms with Crippen LogP contribution in [0, 0.1) is 0 Å². The molecule has 1 aromatic heterocycles. The van der Waals surface area contributed by atoms with E-state index in [1.54, 1.807) is 6.33 Å². The van der Waals surface area contributed by atoms with Crippen molar-refractivity contribution in [1.82, 2.24) is 9.97 Å². The largest absolute Gasteiger partial charge is 0.373 e. The van der Waals surface area contributed by atoms with Crippen molar-refractivity contribution in [2.24, 2.45) is 0 Å². The van der Waals surface area contributed by atoms with Crippen LogP contribution in [-0.2, 0) is 13.0 Å². The molecule has 1 heterocycles. The molecule has 4 nitrogen and oxygen atoms in total. The van der Waals surface area contributed by atoms with Gasteiger partial charge in [0.1, 0.15) is 18.0 Å². The van der Waals surface area contributed by atoms with E-state index in [1.165, 1.54) is 0 Å². The average Bonchev–Trinajstić information content (AvgIpc) is 2.46. The Bertz CT molecular complexity index is 586. The summed E-state index contributed by atoms with van der Waals surface area (Å²) < 4.78 is 0. The predicted molar refractivity (Wildman–Crippen MR) is 84.5 cm³/mol. The topological polar surface area (TPSA) is 41.1 Å². The number of hydrogen-bond acceptors (Lipinski definition) is 4. The van der Waals surface area contributed by atoms with Crippen LogP contribution in [0.25, 0.3) is 0 Å². The first-order valence-corrected chi connectivity index (χ1v) is 7.00. The zero-order valence-electron chi connectivity index (χ0n) is 12.0. The zero-order valence-corrected chi connectivity index (χ0v) is 12.8. The van der Waals surface area contributed by atoms with Crippen molar-refractivity contribution in [2.45, 2.75) is 19.9 Å². The number of hydrogen-bond donors (Lipinski definition) is 1. The first-order chi connectivity index (χ1) is 9.65. The molecule has 2 rings (SSSR count). The Balaban J connectivity index is 2.27. The molecule has 0 radical (unpaired) electrons. The average molecular weight is 291 g/mol. The maximum atomic E-state index is 6.03. The van der Waals surface area contributed by atoms with Gasteiger partial charge in [0.05, 0.1) is 0 Å². The summed E-state index contributed by atoms with van der Waals surface area (Å²) in [4.78, 5) is 10.8. The van der Waals surface area contributed by atoms with Crippen LogP contribution in [-0.4, -0.2) is 24.1 Å². The lowest BCUT2D eigenvalue weighted by atomic mass is 10.1. The Morgan fingerprint density at radius 2 is 2.10 bits per heavy atom. The van der Waals surface area contributed by atoms with Crippen LogP contribution in [0.1, 0.15) is 18.1 Å². The van der Waals surface area contributed by atoms with Crippen LogP contribution in [0.2, 0.25) is 5.02 Å². The lowest BCUT2D eigenvalue weighted by Gasteiger charge is -2.22. The minimum atomic E-state index is 0.755. The van der Waals surface area contributed by atoms with E-state index in [-0.39, 0.29) is 0 Å². The van der Waals surface area contributed by atoms with Gasteiger partial charge in [-0.05, 0) is 24.1 Å². The van der Waals surface area contributed by atoms with Gasteiger partial charge in [0.15, 0.2) is 0 Å². The van der Waals surface area contributed by atoms with Gasteiger partial charge in [-0.25, -0.2) is 9.97 Å². The van der Waals surface area contributed by atoms with Gasteiger partial charge in [-0.15, -0.1) is 0 Å². The highest BCUT2D eigenvalue weighted by Gasteiger charge is 2.13. The maximum absolute atomic E-state index is 6.03. The van der Waals surface area contributed by atoms with Gasteiger partial charge >= 0.3 is 0 Å². The molecule has 0 saturated carbocycles. The van der Waals surface area contributed by atoms with Gasteiger partial charge in [0.25, 0.3) is 0 Å². The fourth-order valence-corrected chi connectivity index (χ4v) is 2.47. The van der Waals surface area contributed by atoms with Crippen LogP contribution < -0.4 is 10.2 Å². The van der Waals surface area contributed by atoms with Gasteiger partial charge < -0.3 is 10.2 Å². The fraction of sp³-hybridized carbons (Fsp3) is 0.333. The third-order valence-electron chi connectivity index (χ3n) is 3.18. The standard InChI is InChI=1S/C15H19ClN4/c1-4-13-14(17-2)18-10-19-15(13)20(3)9-11-6-5-7-12(16)8-11/h5-8,10H,4,9H2,1-3H3,(H,17,18,19). The Morgan fingerprint density at radius 1 is 1.30 bits per heavy atom. The molecule has 0 atom stereocenters. The van der Waals surface area contributed by atoms with Crippen molar-refractivity contribution >= 4 is 23.2 Å². The molecule has 0 aliphatic rings. The summed E-state index contributed by atoms with van der Waals surface area (Å²) in [6, 6.07) is 7.88. The van der Waals surface area contributed by atoms with Crippen LogP contribution in [0.3, 0.4) is 0 Å². The van der Waals surface area contributed by atoms with E-state index in [9.17, 15) is 0 Å². The highest BCUT2D eigenvalue weighted by molar-refractivity contribution is 6.30. The summed E-state index contributed by atoms with van der Waals surface area (Å²) >= 11 is 6.03. The molecule has 20 heavy (non-hydrogen) atoms. The van der Waals surface area contributed by atoms with Gasteiger partial charge in [-0.1, -0.05) is 30.7 Å². The number of aromatic nitrogens is 2. The lowest BCUT2D eigenvalue weighted by Crippen LogP contribution is -2.20. The van der Waals surface area contributed by atoms with Crippen LogP contribution >= 0.6 is 11.6 Å². The van der Waals surface area contributed by atoms with E-state index < -0.39 is 0 Å². The molecule has 0 aliphatic heterocycles. The molecule has 2 aromatic rings. The normalized spacial score (nSPS) is 10.4. The summed E-state index contributed by atoms with van der Waals surface area (Å²) in [5.41, 5.74) is 2.28. The van der Waals surface area contributed by atoms with E-state index in [0.717, 1.165) is 40.8 Å². The molecule has 0 aliphatic carbocycles. The molecule has 5 heteroatoms. The summed E-state index contributed by atoms with van der Waals surface area (Å²) in [7, 11) is 3.91. The molecule has 0 unspecified atom stereocenters. The smallest absolute Gasteiger partial charge is 0.137 e. The number of benzene rings is 1. The van der Waals surface area contributed by atoms with E-state index in [2.05, 4.69) is 33.2 Å². The molecule has 0 bridgehead atoms. The highest BCUT2D eigenvalue weighted by Crippen LogP contribution is 2.24. The molecule has 1 N–H and O–H groups in total. The monoisotopic (exact) mass is 290 g/mol. The summed E-state index contributed by atoms with van der Waals surface area (Å²) in [5.74, 6) is 1.84. The second-order valence-electron chi connectivity index (χ2n) is 4.61. The third kappa shape index (κ3) is 3.20. The second kappa shape index (κ2) is 6.57. The fourth-order valence-electron chi connectivity index (χ4n) is 2.26. The third-order valence-corrected chi connectivity index (χ3v) is 3.42. The van der Waals surface area contributed by atoms with Gasteiger partial charge in [-0.3, -0.25) is 0 Å².